The van der Waals surface area contributed by atoms with Gasteiger partial charge in [-0.3, -0.25) is 14.4 Å². The van der Waals surface area contributed by atoms with E-state index in [0.717, 1.165) is 17.0 Å². The van der Waals surface area contributed by atoms with Crippen LogP contribution in [0.3, 0.4) is 0 Å². The third-order valence-corrected chi connectivity index (χ3v) is 8.63. The Morgan fingerprint density at radius 1 is 0.950 bits per heavy atom. The molecule has 0 bridgehead atoms. The van der Waals surface area contributed by atoms with E-state index in [-0.39, 0.29) is 18.0 Å². The second kappa shape index (κ2) is 13.1. The molecule has 40 heavy (non-hydrogen) atoms. The standard InChI is InChI=1S/C27H32N4O7S2/c1-3-37-21-10-11-22-23(16-21)39-27(31(22)17-26(34)38-4-2)28-24(32)18-40(35,36)19-25(33)30-14-12-29(13-15-30)20-8-6-5-7-9-20/h5-11,16H,3-4,12-15,17-19H2,1-2H3. The van der Waals surface area contributed by atoms with Gasteiger partial charge in [0.15, 0.2) is 14.6 Å². The van der Waals surface area contributed by atoms with Crippen LogP contribution in [0.5, 0.6) is 5.75 Å². The molecule has 214 valence electrons. The average molecular weight is 589 g/mol. The quantitative estimate of drug-likeness (QED) is 0.329. The molecule has 1 aliphatic rings. The number of ether oxygens (including phenoxy) is 2. The predicted octanol–water partition coefficient (Wildman–Crippen LogP) is 1.86. The number of aromatic nitrogens is 1. The second-order valence-electron chi connectivity index (χ2n) is 9.08. The van der Waals surface area contributed by atoms with Crippen molar-refractivity contribution in [2.45, 2.75) is 20.4 Å². The minimum atomic E-state index is -4.07. The topological polar surface area (TPSA) is 128 Å². The smallest absolute Gasteiger partial charge is 0.326 e. The third-order valence-electron chi connectivity index (χ3n) is 6.22. The van der Waals surface area contributed by atoms with Crippen LogP contribution >= 0.6 is 11.3 Å². The minimum absolute atomic E-state index is 0.153. The molecule has 0 spiro atoms. The maximum atomic E-state index is 12.8. The number of nitrogens with zero attached hydrogens (tertiary/aromatic N) is 4. The highest BCUT2D eigenvalue weighted by molar-refractivity contribution is 7.92. The Morgan fingerprint density at radius 3 is 2.35 bits per heavy atom. The summed E-state index contributed by atoms with van der Waals surface area (Å²) < 4.78 is 38.3. The van der Waals surface area contributed by atoms with Crippen LogP contribution in [0.2, 0.25) is 0 Å². The van der Waals surface area contributed by atoms with Gasteiger partial charge < -0.3 is 23.8 Å². The number of amides is 2. The van der Waals surface area contributed by atoms with Gasteiger partial charge in [0.1, 0.15) is 23.8 Å². The Labute approximate surface area is 236 Å². The summed E-state index contributed by atoms with van der Waals surface area (Å²) in [5, 5.41) is 0. The van der Waals surface area contributed by atoms with E-state index in [9.17, 15) is 22.8 Å². The van der Waals surface area contributed by atoms with Gasteiger partial charge in [0.25, 0.3) is 5.91 Å². The number of anilines is 1. The van der Waals surface area contributed by atoms with E-state index in [4.69, 9.17) is 9.47 Å². The Balaban J connectivity index is 1.45. The van der Waals surface area contributed by atoms with Crippen molar-refractivity contribution in [1.82, 2.24) is 9.47 Å². The van der Waals surface area contributed by atoms with Gasteiger partial charge in [-0.2, -0.15) is 4.99 Å². The molecule has 2 aromatic carbocycles. The number of fused-ring (bicyclic) bond motifs is 1. The molecular formula is C27H32N4O7S2. The zero-order valence-electron chi connectivity index (χ0n) is 22.4. The number of thiazole rings is 1. The summed E-state index contributed by atoms with van der Waals surface area (Å²) in [5.74, 6) is -3.05. The number of rotatable bonds is 10. The van der Waals surface area contributed by atoms with E-state index < -0.39 is 39.1 Å². The molecule has 0 radical (unpaired) electrons. The van der Waals surface area contributed by atoms with E-state index in [0.29, 0.717) is 48.8 Å². The summed E-state index contributed by atoms with van der Waals surface area (Å²) >= 11 is 1.13. The van der Waals surface area contributed by atoms with E-state index >= 15 is 0 Å². The zero-order chi connectivity index (χ0) is 28.7. The molecule has 0 saturated carbocycles. The largest absolute Gasteiger partial charge is 0.494 e. The number of sulfone groups is 1. The maximum Gasteiger partial charge on any atom is 0.326 e. The fraction of sp³-hybridized carbons (Fsp3) is 0.407. The number of para-hydroxylation sites is 1. The number of piperazine rings is 1. The molecule has 4 rings (SSSR count). The fourth-order valence-electron chi connectivity index (χ4n) is 4.39. The van der Waals surface area contributed by atoms with Gasteiger partial charge in [-0.1, -0.05) is 29.5 Å². The highest BCUT2D eigenvalue weighted by Gasteiger charge is 2.27. The molecule has 1 fully saturated rings. The van der Waals surface area contributed by atoms with Gasteiger partial charge in [-0.05, 0) is 44.2 Å². The van der Waals surface area contributed by atoms with Crippen molar-refractivity contribution in [3.05, 3.63) is 53.3 Å². The summed E-state index contributed by atoms with van der Waals surface area (Å²) in [7, 11) is -4.07. The van der Waals surface area contributed by atoms with Crippen molar-refractivity contribution < 1.29 is 32.3 Å². The number of hydrogen-bond acceptors (Lipinski definition) is 9. The lowest BCUT2D eigenvalue weighted by Crippen LogP contribution is -2.50. The summed E-state index contributed by atoms with van der Waals surface area (Å²) in [6, 6.07) is 15.0. The average Bonchev–Trinajstić information content (AvgIpc) is 3.24. The molecular weight excluding hydrogens is 556 g/mol. The predicted molar refractivity (Wildman–Crippen MR) is 152 cm³/mol. The Kier molecular flexibility index (Phi) is 9.58. The fourth-order valence-corrected chi connectivity index (χ4v) is 6.57. The van der Waals surface area contributed by atoms with Crippen molar-refractivity contribution in [2.24, 2.45) is 4.99 Å². The molecule has 1 aromatic heterocycles. The van der Waals surface area contributed by atoms with Gasteiger partial charge in [-0.15, -0.1) is 0 Å². The molecule has 0 N–H and O–H groups in total. The van der Waals surface area contributed by atoms with Crippen LogP contribution in [0.25, 0.3) is 10.2 Å². The van der Waals surface area contributed by atoms with Crippen LogP contribution in [0.1, 0.15) is 13.8 Å². The maximum absolute atomic E-state index is 12.8. The number of benzene rings is 2. The zero-order valence-corrected chi connectivity index (χ0v) is 24.1. The third kappa shape index (κ3) is 7.48. The van der Waals surface area contributed by atoms with E-state index in [1.807, 2.05) is 37.3 Å². The molecule has 0 aliphatic carbocycles. The monoisotopic (exact) mass is 588 g/mol. The molecule has 11 nitrogen and oxygen atoms in total. The highest BCUT2D eigenvalue weighted by atomic mass is 32.2. The molecule has 0 atom stereocenters. The molecule has 2 heterocycles. The molecule has 3 aromatic rings. The minimum Gasteiger partial charge on any atom is -0.494 e. The van der Waals surface area contributed by atoms with Gasteiger partial charge in [0.05, 0.1) is 23.4 Å². The van der Waals surface area contributed by atoms with Crippen LogP contribution in [-0.4, -0.2) is 86.6 Å². The van der Waals surface area contributed by atoms with Crippen molar-refractivity contribution >= 4 is 54.9 Å². The number of esters is 1. The Bertz CT molecular complexity index is 1540. The molecule has 13 heteroatoms. The lowest BCUT2D eigenvalue weighted by molar-refractivity contribution is -0.143. The number of carbonyl (C=O) groups is 3. The molecule has 1 saturated heterocycles. The van der Waals surface area contributed by atoms with Crippen molar-refractivity contribution in [3.63, 3.8) is 0 Å². The summed E-state index contributed by atoms with van der Waals surface area (Å²) in [4.78, 5) is 45.6. The van der Waals surface area contributed by atoms with Crippen LogP contribution in [0, 0.1) is 0 Å². The van der Waals surface area contributed by atoms with Gasteiger partial charge in [0, 0.05) is 31.9 Å². The van der Waals surface area contributed by atoms with E-state index in [1.165, 1.54) is 9.47 Å². The highest BCUT2D eigenvalue weighted by Crippen LogP contribution is 2.23. The first-order valence-corrected chi connectivity index (χ1v) is 15.6. The first-order chi connectivity index (χ1) is 19.2. The normalized spacial score (nSPS) is 14.4. The number of carbonyl (C=O) groups excluding carboxylic acids is 3. The first-order valence-electron chi connectivity index (χ1n) is 13.0. The number of hydrogen-bond donors (Lipinski definition) is 0. The first kappa shape index (κ1) is 29.3. The Morgan fingerprint density at radius 2 is 1.68 bits per heavy atom. The summed E-state index contributed by atoms with van der Waals surface area (Å²) in [6.45, 7) is 5.95. The van der Waals surface area contributed by atoms with Crippen LogP contribution in [0.15, 0.2) is 53.5 Å². The van der Waals surface area contributed by atoms with Gasteiger partial charge in [0.2, 0.25) is 5.91 Å². The van der Waals surface area contributed by atoms with Crippen molar-refractivity contribution in [1.29, 1.82) is 0 Å². The van der Waals surface area contributed by atoms with Gasteiger partial charge in [-0.25, -0.2) is 8.42 Å². The van der Waals surface area contributed by atoms with Crippen molar-refractivity contribution in [3.8, 4) is 5.75 Å². The SMILES string of the molecule is CCOC(=O)Cn1c(=NC(=O)CS(=O)(=O)CC(=O)N2CCN(c3ccccc3)CC2)sc2cc(OCC)ccc21. The van der Waals surface area contributed by atoms with Crippen LogP contribution in [0.4, 0.5) is 5.69 Å². The van der Waals surface area contributed by atoms with E-state index in [1.54, 1.807) is 25.1 Å². The van der Waals surface area contributed by atoms with Gasteiger partial charge >= 0.3 is 5.97 Å². The summed E-state index contributed by atoms with van der Waals surface area (Å²) in [5.41, 5.74) is 1.67. The van der Waals surface area contributed by atoms with E-state index in [2.05, 4.69) is 9.89 Å². The summed E-state index contributed by atoms with van der Waals surface area (Å²) in [6.07, 6.45) is 0. The molecule has 2 amide bonds. The Hall–Kier alpha value is -3.71. The van der Waals surface area contributed by atoms with Crippen molar-refractivity contribution in [2.75, 3.05) is 55.8 Å². The second-order valence-corrected chi connectivity index (χ2v) is 12.2. The molecule has 1 aliphatic heterocycles. The lowest BCUT2D eigenvalue weighted by atomic mass is 10.2. The lowest BCUT2D eigenvalue weighted by Gasteiger charge is -2.36. The van der Waals surface area contributed by atoms with Crippen LogP contribution < -0.4 is 14.4 Å². The molecule has 0 unspecified atom stereocenters. The van der Waals surface area contributed by atoms with Crippen LogP contribution in [-0.2, 0) is 35.5 Å².